The van der Waals surface area contributed by atoms with Gasteiger partial charge in [0.15, 0.2) is 0 Å². The van der Waals surface area contributed by atoms with Crippen molar-refractivity contribution in [2.45, 2.75) is 6.54 Å². The van der Waals surface area contributed by atoms with Gasteiger partial charge in [-0.25, -0.2) is 0 Å². The highest BCUT2D eigenvalue weighted by Gasteiger charge is 2.07. The minimum atomic E-state index is 0.836. The van der Waals surface area contributed by atoms with Gasteiger partial charge in [-0.3, -0.25) is 4.99 Å². The molecule has 3 aromatic carbocycles. The Morgan fingerprint density at radius 3 is 2.38 bits per heavy atom. The Kier molecular flexibility index (Phi) is 4.52. The van der Waals surface area contributed by atoms with E-state index in [-0.39, 0.29) is 0 Å². The zero-order chi connectivity index (χ0) is 17.8. The largest absolute Gasteiger partial charge is 0.497 e. The molecule has 0 unspecified atom stereocenters. The summed E-state index contributed by atoms with van der Waals surface area (Å²) in [6.45, 7) is 0.845. The second-order valence-electron chi connectivity index (χ2n) is 6.17. The van der Waals surface area contributed by atoms with E-state index in [4.69, 9.17) is 4.74 Å². The Hall–Kier alpha value is -3.33. The summed E-state index contributed by atoms with van der Waals surface area (Å²) in [4.78, 5) is 4.63. The van der Waals surface area contributed by atoms with Crippen molar-refractivity contribution >= 4 is 22.8 Å². The summed E-state index contributed by atoms with van der Waals surface area (Å²) in [7, 11) is 1.67. The van der Waals surface area contributed by atoms with Gasteiger partial charge < -0.3 is 9.30 Å². The van der Waals surface area contributed by atoms with E-state index in [0.717, 1.165) is 23.5 Å². The average Bonchev–Trinajstić information content (AvgIpc) is 3.05. The summed E-state index contributed by atoms with van der Waals surface area (Å²) in [5.41, 5.74) is 4.53. The second-order valence-corrected chi connectivity index (χ2v) is 6.17. The lowest BCUT2D eigenvalue weighted by molar-refractivity contribution is 0.415. The lowest BCUT2D eigenvalue weighted by Crippen LogP contribution is -1.97. The van der Waals surface area contributed by atoms with E-state index in [1.165, 1.54) is 16.5 Å². The van der Waals surface area contributed by atoms with Gasteiger partial charge >= 0.3 is 0 Å². The molecule has 0 N–H and O–H groups in total. The Morgan fingerprint density at radius 1 is 0.885 bits per heavy atom. The maximum atomic E-state index is 5.19. The topological polar surface area (TPSA) is 26.5 Å². The molecular formula is C23H20N2O. The van der Waals surface area contributed by atoms with Crippen LogP contribution in [0, 0.1) is 0 Å². The van der Waals surface area contributed by atoms with Crippen LogP contribution in [0.15, 0.2) is 90.1 Å². The van der Waals surface area contributed by atoms with Crippen LogP contribution in [-0.4, -0.2) is 17.9 Å². The first-order valence-electron chi connectivity index (χ1n) is 8.63. The van der Waals surface area contributed by atoms with Gasteiger partial charge in [-0.1, -0.05) is 48.5 Å². The average molecular weight is 340 g/mol. The van der Waals surface area contributed by atoms with Gasteiger partial charge in [0.05, 0.1) is 12.8 Å². The Bertz CT molecular complexity index is 1030. The normalized spacial score (nSPS) is 11.3. The monoisotopic (exact) mass is 340 g/mol. The fourth-order valence-corrected chi connectivity index (χ4v) is 3.10. The summed E-state index contributed by atoms with van der Waals surface area (Å²) >= 11 is 0. The fourth-order valence-electron chi connectivity index (χ4n) is 3.10. The van der Waals surface area contributed by atoms with E-state index in [0.29, 0.717) is 0 Å². The molecule has 0 saturated heterocycles. The molecule has 0 radical (unpaired) electrons. The molecule has 0 saturated carbocycles. The zero-order valence-corrected chi connectivity index (χ0v) is 14.7. The third-order valence-electron chi connectivity index (χ3n) is 4.44. The van der Waals surface area contributed by atoms with Gasteiger partial charge in [0.1, 0.15) is 5.75 Å². The summed E-state index contributed by atoms with van der Waals surface area (Å²) in [5, 5.41) is 1.21. The number of rotatable bonds is 5. The predicted molar refractivity (Wildman–Crippen MR) is 108 cm³/mol. The van der Waals surface area contributed by atoms with Crippen LogP contribution in [0.5, 0.6) is 5.75 Å². The van der Waals surface area contributed by atoms with Crippen LogP contribution in [0.1, 0.15) is 11.1 Å². The van der Waals surface area contributed by atoms with E-state index in [9.17, 15) is 0 Å². The minimum Gasteiger partial charge on any atom is -0.497 e. The van der Waals surface area contributed by atoms with Gasteiger partial charge in [0, 0.05) is 35.4 Å². The minimum absolute atomic E-state index is 0.836. The van der Waals surface area contributed by atoms with Crippen LogP contribution in [0.2, 0.25) is 0 Å². The molecule has 0 fully saturated rings. The third-order valence-corrected chi connectivity index (χ3v) is 4.44. The molecule has 1 aromatic heterocycles. The van der Waals surface area contributed by atoms with Crippen molar-refractivity contribution in [3.05, 3.63) is 96.2 Å². The van der Waals surface area contributed by atoms with Gasteiger partial charge in [-0.05, 0) is 35.9 Å². The van der Waals surface area contributed by atoms with Crippen molar-refractivity contribution in [2.75, 3.05) is 7.11 Å². The number of benzene rings is 3. The van der Waals surface area contributed by atoms with Crippen LogP contribution in [0.25, 0.3) is 10.9 Å². The molecular weight excluding hydrogens is 320 g/mol. The standard InChI is InChI=1S/C23H20N2O/c1-26-21-13-11-20(12-14-21)24-15-19-17-25(16-18-7-3-2-4-8-18)23-10-6-5-9-22(19)23/h2-15,17H,16H2,1H3. The first-order valence-corrected chi connectivity index (χ1v) is 8.63. The molecule has 0 aliphatic rings. The number of aliphatic imine (C=N–C) groups is 1. The number of ether oxygens (including phenoxy) is 1. The molecule has 128 valence electrons. The molecule has 0 aliphatic carbocycles. The summed E-state index contributed by atoms with van der Waals surface area (Å²) in [6, 6.07) is 26.7. The lowest BCUT2D eigenvalue weighted by Gasteiger charge is -2.05. The highest BCUT2D eigenvalue weighted by molar-refractivity contribution is 6.00. The van der Waals surface area contributed by atoms with Gasteiger partial charge in [-0.2, -0.15) is 0 Å². The van der Waals surface area contributed by atoms with E-state index in [1.54, 1.807) is 7.11 Å². The lowest BCUT2D eigenvalue weighted by atomic mass is 10.2. The van der Waals surface area contributed by atoms with Crippen molar-refractivity contribution < 1.29 is 4.74 Å². The second kappa shape index (κ2) is 7.28. The molecule has 26 heavy (non-hydrogen) atoms. The first kappa shape index (κ1) is 16.2. The van der Waals surface area contributed by atoms with Gasteiger partial charge in [0.25, 0.3) is 0 Å². The number of methoxy groups -OCH3 is 1. The summed E-state index contributed by atoms with van der Waals surface area (Å²) in [5.74, 6) is 0.836. The molecule has 3 nitrogen and oxygen atoms in total. The van der Waals surface area contributed by atoms with Crippen molar-refractivity contribution in [1.29, 1.82) is 0 Å². The Morgan fingerprint density at radius 2 is 1.62 bits per heavy atom. The van der Waals surface area contributed by atoms with Crippen LogP contribution in [0.4, 0.5) is 5.69 Å². The number of nitrogens with zero attached hydrogens (tertiary/aromatic N) is 2. The van der Waals surface area contributed by atoms with Gasteiger partial charge in [-0.15, -0.1) is 0 Å². The Labute approximate surface area is 153 Å². The maximum Gasteiger partial charge on any atom is 0.119 e. The molecule has 0 bridgehead atoms. The molecule has 0 aliphatic heterocycles. The van der Waals surface area contributed by atoms with E-state index < -0.39 is 0 Å². The summed E-state index contributed by atoms with van der Waals surface area (Å²) < 4.78 is 7.47. The smallest absolute Gasteiger partial charge is 0.119 e. The molecule has 4 rings (SSSR count). The number of aromatic nitrogens is 1. The van der Waals surface area contributed by atoms with E-state index in [1.807, 2.05) is 36.5 Å². The van der Waals surface area contributed by atoms with Crippen LogP contribution < -0.4 is 4.74 Å². The molecule has 0 atom stereocenters. The number of hydrogen-bond donors (Lipinski definition) is 0. The van der Waals surface area contributed by atoms with Crippen molar-refractivity contribution in [3.8, 4) is 5.75 Å². The number of para-hydroxylation sites is 1. The quantitative estimate of drug-likeness (QED) is 0.444. The molecule has 4 aromatic rings. The van der Waals surface area contributed by atoms with E-state index in [2.05, 4.69) is 64.3 Å². The van der Waals surface area contributed by atoms with E-state index >= 15 is 0 Å². The highest BCUT2D eigenvalue weighted by Crippen LogP contribution is 2.23. The van der Waals surface area contributed by atoms with Crippen LogP contribution in [-0.2, 0) is 6.54 Å². The zero-order valence-electron chi connectivity index (χ0n) is 14.7. The summed E-state index contributed by atoms with van der Waals surface area (Å²) in [6.07, 6.45) is 4.11. The van der Waals surface area contributed by atoms with Gasteiger partial charge in [0.2, 0.25) is 0 Å². The van der Waals surface area contributed by atoms with Crippen molar-refractivity contribution in [2.24, 2.45) is 4.99 Å². The molecule has 0 spiro atoms. The Balaban J connectivity index is 1.67. The molecule has 1 heterocycles. The van der Waals surface area contributed by atoms with Crippen molar-refractivity contribution in [1.82, 2.24) is 4.57 Å². The molecule has 3 heteroatoms. The number of fused-ring (bicyclic) bond motifs is 1. The number of hydrogen-bond acceptors (Lipinski definition) is 2. The van der Waals surface area contributed by atoms with Crippen molar-refractivity contribution in [3.63, 3.8) is 0 Å². The predicted octanol–water partition coefficient (Wildman–Crippen LogP) is 5.45. The first-order chi connectivity index (χ1) is 12.8. The maximum absolute atomic E-state index is 5.19. The van der Waals surface area contributed by atoms with Crippen LogP contribution >= 0.6 is 0 Å². The SMILES string of the molecule is COc1ccc(N=Cc2cn(Cc3ccccc3)c3ccccc23)cc1. The third kappa shape index (κ3) is 3.38. The molecule has 0 amide bonds. The fraction of sp³-hybridized carbons (Fsp3) is 0.0870. The van der Waals surface area contributed by atoms with Crippen LogP contribution in [0.3, 0.4) is 0 Å². The highest BCUT2D eigenvalue weighted by atomic mass is 16.5.